The molecular formula is C16H18N2O4. The van der Waals surface area contributed by atoms with Gasteiger partial charge in [0.25, 0.3) is 5.56 Å². The molecule has 0 amide bonds. The number of rotatable bonds is 6. The van der Waals surface area contributed by atoms with Gasteiger partial charge < -0.3 is 9.72 Å². The van der Waals surface area contributed by atoms with E-state index in [9.17, 15) is 14.4 Å². The Morgan fingerprint density at radius 3 is 2.55 bits per heavy atom. The van der Waals surface area contributed by atoms with Crippen molar-refractivity contribution in [3.8, 4) is 0 Å². The minimum atomic E-state index is -0.462. The van der Waals surface area contributed by atoms with Crippen molar-refractivity contribution >= 4 is 5.97 Å². The number of hydrogen-bond acceptors (Lipinski definition) is 4. The fourth-order valence-electron chi connectivity index (χ4n) is 1.92. The van der Waals surface area contributed by atoms with Crippen LogP contribution in [-0.2, 0) is 11.3 Å². The molecule has 6 heteroatoms. The average molecular weight is 302 g/mol. The zero-order chi connectivity index (χ0) is 15.9. The van der Waals surface area contributed by atoms with Crippen molar-refractivity contribution in [2.24, 2.45) is 0 Å². The third-order valence-corrected chi connectivity index (χ3v) is 3.21. The number of nitrogens with one attached hydrogen (secondary N) is 1. The predicted molar refractivity (Wildman–Crippen MR) is 82.1 cm³/mol. The molecule has 1 aromatic heterocycles. The Kier molecular flexibility index (Phi) is 5.30. The summed E-state index contributed by atoms with van der Waals surface area (Å²) in [5.74, 6) is -0.366. The topological polar surface area (TPSA) is 81.2 Å². The molecule has 2 rings (SSSR count). The van der Waals surface area contributed by atoms with E-state index < -0.39 is 5.69 Å². The van der Waals surface area contributed by atoms with E-state index in [1.807, 2.05) is 6.92 Å². The second kappa shape index (κ2) is 7.40. The monoisotopic (exact) mass is 302 g/mol. The van der Waals surface area contributed by atoms with Crippen LogP contribution >= 0.6 is 0 Å². The zero-order valence-electron chi connectivity index (χ0n) is 12.4. The fourth-order valence-corrected chi connectivity index (χ4v) is 1.92. The van der Waals surface area contributed by atoms with Crippen LogP contribution < -0.4 is 11.2 Å². The summed E-state index contributed by atoms with van der Waals surface area (Å²) < 4.78 is 6.21. The van der Waals surface area contributed by atoms with Crippen LogP contribution in [0.15, 0.2) is 46.1 Å². The van der Waals surface area contributed by atoms with E-state index in [2.05, 4.69) is 4.98 Å². The van der Waals surface area contributed by atoms with Crippen molar-refractivity contribution in [2.45, 2.75) is 26.3 Å². The van der Waals surface area contributed by atoms with E-state index in [0.717, 1.165) is 23.0 Å². The quantitative estimate of drug-likeness (QED) is 0.648. The van der Waals surface area contributed by atoms with Gasteiger partial charge in [-0.2, -0.15) is 0 Å². The molecule has 0 unspecified atom stereocenters. The summed E-state index contributed by atoms with van der Waals surface area (Å²) in [6, 6.07) is 7.96. The highest BCUT2D eigenvalue weighted by molar-refractivity contribution is 5.89. The molecule has 1 N–H and O–H groups in total. The third-order valence-electron chi connectivity index (χ3n) is 3.21. The molecule has 6 nitrogen and oxygen atoms in total. The maximum absolute atomic E-state index is 11.8. The number of esters is 1. The lowest BCUT2D eigenvalue weighted by Gasteiger charge is -2.06. The lowest BCUT2D eigenvalue weighted by Crippen LogP contribution is -2.34. The summed E-state index contributed by atoms with van der Waals surface area (Å²) in [7, 11) is 0. The molecule has 2 aromatic rings. The fraction of sp³-hybridized carbons (Fsp3) is 0.312. The van der Waals surface area contributed by atoms with Gasteiger partial charge in [-0.1, -0.05) is 25.5 Å². The molecule has 116 valence electrons. The third kappa shape index (κ3) is 3.94. The average Bonchev–Trinajstić information content (AvgIpc) is 2.52. The Balaban J connectivity index is 2.08. The first kappa shape index (κ1) is 15.8. The summed E-state index contributed by atoms with van der Waals surface area (Å²) >= 11 is 0. The molecule has 0 radical (unpaired) electrons. The lowest BCUT2D eigenvalue weighted by molar-refractivity contribution is 0.0499. The molecule has 1 aromatic carbocycles. The van der Waals surface area contributed by atoms with E-state index in [1.165, 1.54) is 12.3 Å². The largest absolute Gasteiger partial charge is 0.462 e. The highest BCUT2D eigenvalue weighted by Crippen LogP contribution is 2.07. The number of aromatic nitrogens is 2. The second-order valence-corrected chi connectivity index (χ2v) is 4.89. The molecule has 0 aliphatic rings. The number of ether oxygens (including phenoxy) is 1. The Bertz CT molecular complexity index is 715. The van der Waals surface area contributed by atoms with Gasteiger partial charge >= 0.3 is 11.7 Å². The number of carbonyl (C=O) groups is 1. The van der Waals surface area contributed by atoms with Crippen molar-refractivity contribution in [1.82, 2.24) is 9.55 Å². The van der Waals surface area contributed by atoms with Crippen molar-refractivity contribution in [3.05, 3.63) is 68.5 Å². The lowest BCUT2D eigenvalue weighted by atomic mass is 10.1. The highest BCUT2D eigenvalue weighted by atomic mass is 16.5. The van der Waals surface area contributed by atoms with Gasteiger partial charge in [-0.15, -0.1) is 0 Å². The first-order valence-corrected chi connectivity index (χ1v) is 7.16. The van der Waals surface area contributed by atoms with Crippen LogP contribution in [0.1, 0.15) is 35.7 Å². The van der Waals surface area contributed by atoms with Crippen LogP contribution in [0.25, 0.3) is 0 Å². The molecular weight excluding hydrogens is 284 g/mol. The minimum absolute atomic E-state index is 0.153. The molecule has 0 saturated heterocycles. The van der Waals surface area contributed by atoms with Crippen LogP contribution in [0.5, 0.6) is 0 Å². The van der Waals surface area contributed by atoms with Crippen LogP contribution in [0.3, 0.4) is 0 Å². The van der Waals surface area contributed by atoms with Gasteiger partial charge in [-0.05, 0) is 24.1 Å². The molecule has 0 saturated carbocycles. The van der Waals surface area contributed by atoms with Gasteiger partial charge in [0.1, 0.15) is 0 Å². The standard InChI is InChI=1S/C16H18N2O4/c1-2-3-10-22-15(20)13-6-4-12(5-7-13)11-18-14(19)8-9-17-16(18)21/h4-9H,2-3,10-11H2,1H3,(H,17,21). The van der Waals surface area contributed by atoms with Gasteiger partial charge in [0.05, 0.1) is 18.7 Å². The SMILES string of the molecule is CCCCOC(=O)c1ccc(Cn2c(=O)cc[nH]c2=O)cc1. The van der Waals surface area contributed by atoms with Crippen LogP contribution in [0.2, 0.25) is 0 Å². The molecule has 0 atom stereocenters. The first-order valence-electron chi connectivity index (χ1n) is 7.16. The zero-order valence-corrected chi connectivity index (χ0v) is 12.4. The van der Waals surface area contributed by atoms with Gasteiger partial charge in [0, 0.05) is 12.3 Å². The van der Waals surface area contributed by atoms with Crippen LogP contribution in [0, 0.1) is 0 Å². The summed E-state index contributed by atoms with van der Waals surface area (Å²) in [5.41, 5.74) is 0.375. The number of H-pyrrole nitrogens is 1. The van der Waals surface area contributed by atoms with Crippen molar-refractivity contribution in [3.63, 3.8) is 0 Å². The second-order valence-electron chi connectivity index (χ2n) is 4.89. The number of nitrogens with zero attached hydrogens (tertiary/aromatic N) is 1. The number of unbranched alkanes of at least 4 members (excludes halogenated alkanes) is 1. The predicted octanol–water partition coefficient (Wildman–Crippen LogP) is 1.54. The van der Waals surface area contributed by atoms with E-state index in [-0.39, 0.29) is 18.1 Å². The number of hydrogen-bond donors (Lipinski definition) is 1. The Morgan fingerprint density at radius 1 is 1.18 bits per heavy atom. The van der Waals surface area contributed by atoms with E-state index >= 15 is 0 Å². The van der Waals surface area contributed by atoms with Crippen LogP contribution in [0.4, 0.5) is 0 Å². The Hall–Kier alpha value is -2.63. The minimum Gasteiger partial charge on any atom is -0.462 e. The molecule has 0 aliphatic carbocycles. The summed E-state index contributed by atoms with van der Waals surface area (Å²) in [5, 5.41) is 0. The van der Waals surface area contributed by atoms with Gasteiger partial charge in [-0.3, -0.25) is 9.36 Å². The summed E-state index contributed by atoms with van der Waals surface area (Å²) in [6.45, 7) is 2.59. The van der Waals surface area contributed by atoms with Crippen LogP contribution in [-0.4, -0.2) is 22.1 Å². The number of benzene rings is 1. The molecule has 22 heavy (non-hydrogen) atoms. The highest BCUT2D eigenvalue weighted by Gasteiger charge is 2.07. The first-order chi connectivity index (χ1) is 10.6. The van der Waals surface area contributed by atoms with Crippen molar-refractivity contribution < 1.29 is 9.53 Å². The van der Waals surface area contributed by atoms with Gasteiger partial charge in [0.15, 0.2) is 0 Å². The number of carbonyl (C=O) groups excluding carboxylic acids is 1. The summed E-state index contributed by atoms with van der Waals surface area (Å²) in [4.78, 5) is 37.5. The van der Waals surface area contributed by atoms with Crippen molar-refractivity contribution in [1.29, 1.82) is 0 Å². The maximum Gasteiger partial charge on any atom is 0.338 e. The van der Waals surface area contributed by atoms with E-state index in [0.29, 0.717) is 12.2 Å². The molecule has 1 heterocycles. The molecule has 0 fully saturated rings. The van der Waals surface area contributed by atoms with E-state index in [4.69, 9.17) is 4.74 Å². The maximum atomic E-state index is 11.8. The normalized spacial score (nSPS) is 10.4. The smallest absolute Gasteiger partial charge is 0.338 e. The van der Waals surface area contributed by atoms with Gasteiger partial charge in [-0.25, -0.2) is 9.59 Å². The van der Waals surface area contributed by atoms with E-state index in [1.54, 1.807) is 24.3 Å². The molecule has 0 bridgehead atoms. The summed E-state index contributed by atoms with van der Waals surface area (Å²) in [6.07, 6.45) is 3.12. The Labute approximate surface area is 127 Å². The molecule has 0 aliphatic heterocycles. The van der Waals surface area contributed by atoms with Gasteiger partial charge in [0.2, 0.25) is 0 Å². The Morgan fingerprint density at radius 2 is 1.91 bits per heavy atom. The number of aromatic amines is 1. The molecule has 0 spiro atoms. The van der Waals surface area contributed by atoms with Crippen molar-refractivity contribution in [2.75, 3.05) is 6.61 Å².